The molecule has 3 rings (SSSR count). The molecule has 0 radical (unpaired) electrons. The molecule has 22 heavy (non-hydrogen) atoms. The van der Waals surface area contributed by atoms with E-state index in [1.54, 1.807) is 24.3 Å². The summed E-state index contributed by atoms with van der Waals surface area (Å²) in [5.41, 5.74) is 2.81. The molecular weight excluding hydrogens is 296 g/mol. The summed E-state index contributed by atoms with van der Waals surface area (Å²) in [6, 6.07) is 16.2. The number of nitrogens with zero attached hydrogens (tertiary/aromatic N) is 2. The van der Waals surface area contributed by atoms with Crippen molar-refractivity contribution in [3.8, 4) is 0 Å². The fourth-order valence-corrected chi connectivity index (χ4v) is 4.07. The molecule has 1 heterocycles. The van der Waals surface area contributed by atoms with Crippen LogP contribution in [0.25, 0.3) is 0 Å². The molecule has 114 valence electrons. The van der Waals surface area contributed by atoms with Gasteiger partial charge in [-0.1, -0.05) is 48.0 Å². The number of hydrogen-bond donors (Lipinski definition) is 0. The molecule has 0 fully saturated rings. The number of benzene rings is 2. The number of sulfonamides is 1. The Hall–Kier alpha value is -2.14. The maximum Gasteiger partial charge on any atom is 0.279 e. The van der Waals surface area contributed by atoms with Gasteiger partial charge in [-0.3, -0.25) is 0 Å². The summed E-state index contributed by atoms with van der Waals surface area (Å²) in [6.45, 7) is 3.79. The summed E-state index contributed by atoms with van der Waals surface area (Å²) >= 11 is 0. The largest absolute Gasteiger partial charge is 0.279 e. The summed E-state index contributed by atoms with van der Waals surface area (Å²) in [4.78, 5) is 0.275. The van der Waals surface area contributed by atoms with E-state index in [9.17, 15) is 8.42 Å². The van der Waals surface area contributed by atoms with Gasteiger partial charge in [-0.25, -0.2) is 0 Å². The molecule has 0 aliphatic carbocycles. The molecule has 1 atom stereocenters. The van der Waals surface area contributed by atoms with Crippen molar-refractivity contribution in [1.29, 1.82) is 0 Å². The lowest BCUT2D eigenvalue weighted by atomic mass is 10.0. The second kappa shape index (κ2) is 5.57. The van der Waals surface area contributed by atoms with E-state index in [1.165, 1.54) is 4.41 Å². The van der Waals surface area contributed by atoms with Crippen LogP contribution in [0.1, 0.15) is 30.5 Å². The molecule has 0 N–H and O–H groups in total. The van der Waals surface area contributed by atoms with Gasteiger partial charge in [0.1, 0.15) is 0 Å². The van der Waals surface area contributed by atoms with Gasteiger partial charge in [-0.2, -0.15) is 17.9 Å². The first-order chi connectivity index (χ1) is 10.5. The predicted octanol–water partition coefficient (Wildman–Crippen LogP) is 3.51. The Kier molecular flexibility index (Phi) is 3.74. The summed E-state index contributed by atoms with van der Waals surface area (Å²) in [5.74, 6) is 0. The predicted molar refractivity (Wildman–Crippen MR) is 87.1 cm³/mol. The smallest absolute Gasteiger partial charge is 0.200 e. The van der Waals surface area contributed by atoms with Gasteiger partial charge in [0.05, 0.1) is 10.9 Å². The van der Waals surface area contributed by atoms with Crippen LogP contribution in [0.4, 0.5) is 0 Å². The minimum Gasteiger partial charge on any atom is -0.200 e. The number of aryl methyl sites for hydroxylation is 1. The molecule has 1 aliphatic rings. The zero-order valence-corrected chi connectivity index (χ0v) is 13.4. The van der Waals surface area contributed by atoms with E-state index in [2.05, 4.69) is 5.10 Å². The fraction of sp³-hybridized carbons (Fsp3) is 0.235. The lowest BCUT2D eigenvalue weighted by Gasteiger charge is -2.23. The molecule has 1 aliphatic heterocycles. The Bertz CT molecular complexity index is 796. The third kappa shape index (κ3) is 2.64. The number of hydrogen-bond acceptors (Lipinski definition) is 3. The lowest BCUT2D eigenvalue weighted by molar-refractivity contribution is 0.371. The molecule has 0 saturated carbocycles. The fourth-order valence-electron chi connectivity index (χ4n) is 2.60. The molecule has 2 aromatic carbocycles. The molecule has 5 heteroatoms. The second-order valence-corrected chi connectivity index (χ2v) is 7.35. The van der Waals surface area contributed by atoms with Crippen LogP contribution < -0.4 is 0 Å². The lowest BCUT2D eigenvalue weighted by Crippen LogP contribution is -2.27. The molecule has 0 saturated heterocycles. The maximum absolute atomic E-state index is 12.9. The zero-order chi connectivity index (χ0) is 15.7. The first-order valence-corrected chi connectivity index (χ1v) is 8.62. The highest BCUT2D eigenvalue weighted by molar-refractivity contribution is 7.89. The van der Waals surface area contributed by atoms with Gasteiger partial charge in [-0.05, 0) is 31.5 Å². The first-order valence-electron chi connectivity index (χ1n) is 7.18. The molecule has 4 nitrogen and oxygen atoms in total. The summed E-state index contributed by atoms with van der Waals surface area (Å²) in [7, 11) is -3.64. The molecular formula is C17H18N2O2S. The Morgan fingerprint density at radius 1 is 1.00 bits per heavy atom. The van der Waals surface area contributed by atoms with Crippen LogP contribution in [0.2, 0.25) is 0 Å². The highest BCUT2D eigenvalue weighted by Crippen LogP contribution is 2.35. The molecule has 0 bridgehead atoms. The summed E-state index contributed by atoms with van der Waals surface area (Å²) < 4.78 is 27.0. The van der Waals surface area contributed by atoms with Crippen molar-refractivity contribution in [3.05, 3.63) is 65.7 Å². The Labute approximate surface area is 131 Å². The highest BCUT2D eigenvalue weighted by Gasteiger charge is 2.35. The highest BCUT2D eigenvalue weighted by atomic mass is 32.2. The van der Waals surface area contributed by atoms with Crippen molar-refractivity contribution in [3.63, 3.8) is 0 Å². The van der Waals surface area contributed by atoms with Crippen molar-refractivity contribution >= 4 is 15.7 Å². The van der Waals surface area contributed by atoms with Crippen LogP contribution in [-0.2, 0) is 10.0 Å². The van der Waals surface area contributed by atoms with Crippen molar-refractivity contribution in [1.82, 2.24) is 4.41 Å². The third-order valence-corrected chi connectivity index (χ3v) is 5.47. The normalized spacial score (nSPS) is 18.4. The SMILES string of the molecule is CC1=NN(S(=O)(=O)c2ccc(C)cc2)[C@H](c2ccccc2)C1. The third-order valence-electron chi connectivity index (χ3n) is 3.77. The molecule has 0 spiro atoms. The van der Waals surface area contributed by atoms with E-state index in [-0.39, 0.29) is 10.9 Å². The summed E-state index contributed by atoms with van der Waals surface area (Å²) in [5, 5.41) is 4.28. The van der Waals surface area contributed by atoms with E-state index >= 15 is 0 Å². The second-order valence-electron chi connectivity index (χ2n) is 5.56. The standard InChI is InChI=1S/C17H18N2O2S/c1-13-8-10-16(11-9-13)22(20,21)19-17(12-14(2)18-19)15-6-4-3-5-7-15/h3-11,17H,12H2,1-2H3/t17-/m0/s1. The van der Waals surface area contributed by atoms with Gasteiger partial charge in [-0.15, -0.1) is 0 Å². The minimum atomic E-state index is -3.64. The van der Waals surface area contributed by atoms with Gasteiger partial charge in [0.2, 0.25) is 0 Å². The minimum absolute atomic E-state index is 0.271. The monoisotopic (exact) mass is 314 g/mol. The zero-order valence-electron chi connectivity index (χ0n) is 12.6. The number of rotatable bonds is 3. The van der Waals surface area contributed by atoms with E-state index < -0.39 is 10.0 Å². The van der Waals surface area contributed by atoms with Gasteiger partial charge in [0, 0.05) is 12.1 Å². The van der Waals surface area contributed by atoms with E-state index in [4.69, 9.17) is 0 Å². The van der Waals surface area contributed by atoms with Gasteiger partial charge in [0.15, 0.2) is 0 Å². The average molecular weight is 314 g/mol. The van der Waals surface area contributed by atoms with Gasteiger partial charge >= 0.3 is 0 Å². The van der Waals surface area contributed by atoms with Crippen LogP contribution in [0.3, 0.4) is 0 Å². The van der Waals surface area contributed by atoms with Crippen LogP contribution in [0.15, 0.2) is 64.6 Å². The van der Waals surface area contributed by atoms with Crippen molar-refractivity contribution in [2.24, 2.45) is 5.10 Å². The molecule has 0 unspecified atom stereocenters. The Balaban J connectivity index is 2.02. The van der Waals surface area contributed by atoms with E-state index in [1.807, 2.05) is 44.2 Å². The molecule has 0 aromatic heterocycles. The van der Waals surface area contributed by atoms with Gasteiger partial charge < -0.3 is 0 Å². The molecule has 2 aromatic rings. The first kappa shape index (κ1) is 14.8. The Morgan fingerprint density at radius 3 is 2.27 bits per heavy atom. The average Bonchev–Trinajstić information content (AvgIpc) is 2.91. The van der Waals surface area contributed by atoms with Crippen LogP contribution >= 0.6 is 0 Å². The van der Waals surface area contributed by atoms with Gasteiger partial charge in [0.25, 0.3) is 10.0 Å². The van der Waals surface area contributed by atoms with Crippen LogP contribution in [0.5, 0.6) is 0 Å². The topological polar surface area (TPSA) is 49.7 Å². The van der Waals surface area contributed by atoms with Crippen molar-refractivity contribution in [2.75, 3.05) is 0 Å². The van der Waals surface area contributed by atoms with Crippen molar-refractivity contribution < 1.29 is 8.42 Å². The maximum atomic E-state index is 12.9. The molecule has 0 amide bonds. The number of hydrazone groups is 1. The van der Waals surface area contributed by atoms with Crippen molar-refractivity contribution in [2.45, 2.75) is 31.2 Å². The quantitative estimate of drug-likeness (QED) is 0.870. The van der Waals surface area contributed by atoms with Crippen LogP contribution in [0, 0.1) is 6.92 Å². The van der Waals surface area contributed by atoms with Crippen LogP contribution in [-0.4, -0.2) is 18.5 Å². The summed E-state index contributed by atoms with van der Waals surface area (Å²) in [6.07, 6.45) is 0.620. The van der Waals surface area contributed by atoms with E-state index in [0.29, 0.717) is 6.42 Å². The van der Waals surface area contributed by atoms with E-state index in [0.717, 1.165) is 16.8 Å². The Morgan fingerprint density at radius 2 is 1.64 bits per heavy atom.